The summed E-state index contributed by atoms with van der Waals surface area (Å²) in [6.45, 7) is 3.43. The molecule has 0 fully saturated rings. The Balaban J connectivity index is 2.23. The summed E-state index contributed by atoms with van der Waals surface area (Å²) in [6, 6.07) is 7.82. The molecule has 0 saturated carbocycles. The van der Waals surface area contributed by atoms with Gasteiger partial charge in [0, 0.05) is 12.6 Å². The average Bonchev–Trinajstić information content (AvgIpc) is 2.64. The van der Waals surface area contributed by atoms with Crippen molar-refractivity contribution in [3.05, 3.63) is 29.8 Å². The molecule has 5 N–H and O–H groups in total. The Labute approximate surface area is 105 Å². The lowest BCUT2D eigenvalue weighted by Crippen LogP contribution is -2.08. The molecule has 94 valence electrons. The number of nitrogens with one attached hydrogen (secondary N) is 3. The van der Waals surface area contributed by atoms with Crippen LogP contribution in [0.2, 0.25) is 0 Å². The first-order valence-electron chi connectivity index (χ1n) is 5.51. The number of hydrogen-bond acceptors (Lipinski definition) is 4. The quantitative estimate of drug-likeness (QED) is 0.665. The van der Waals surface area contributed by atoms with Crippen LogP contribution in [-0.2, 0) is 4.79 Å². The zero-order chi connectivity index (χ0) is 13.1. The molecule has 2 rings (SSSR count). The largest absolute Gasteiger partial charge is 0.382 e. The average molecular weight is 245 g/mol. The van der Waals surface area contributed by atoms with Gasteiger partial charge in [-0.3, -0.25) is 9.89 Å². The van der Waals surface area contributed by atoms with Crippen LogP contribution in [0.5, 0.6) is 0 Å². The van der Waals surface area contributed by atoms with Crippen molar-refractivity contribution in [1.29, 1.82) is 0 Å². The van der Waals surface area contributed by atoms with Crippen LogP contribution in [0.1, 0.15) is 12.5 Å². The third kappa shape index (κ3) is 2.60. The van der Waals surface area contributed by atoms with Gasteiger partial charge in [0.15, 0.2) is 5.82 Å². The van der Waals surface area contributed by atoms with Crippen LogP contribution in [0.3, 0.4) is 0 Å². The molecule has 1 amide bonds. The second-order valence-electron chi connectivity index (χ2n) is 4.03. The highest BCUT2D eigenvalue weighted by Crippen LogP contribution is 2.28. The maximum absolute atomic E-state index is 11.1. The Morgan fingerprint density at radius 3 is 2.61 bits per heavy atom. The van der Waals surface area contributed by atoms with Crippen molar-refractivity contribution in [2.45, 2.75) is 13.8 Å². The number of anilines is 4. The van der Waals surface area contributed by atoms with Gasteiger partial charge in [0.2, 0.25) is 5.91 Å². The van der Waals surface area contributed by atoms with Crippen LogP contribution >= 0.6 is 0 Å². The first-order valence-corrected chi connectivity index (χ1v) is 5.51. The number of hydrogen-bond donors (Lipinski definition) is 4. The monoisotopic (exact) mass is 245 g/mol. The van der Waals surface area contributed by atoms with E-state index in [1.165, 1.54) is 12.5 Å². The molecule has 0 atom stereocenters. The molecule has 0 aliphatic carbocycles. The number of carbonyl (C=O) groups excluding carboxylic acids is 1. The topological polar surface area (TPSA) is 95.8 Å². The Morgan fingerprint density at radius 1 is 1.33 bits per heavy atom. The van der Waals surface area contributed by atoms with Gasteiger partial charge in [0.25, 0.3) is 0 Å². The van der Waals surface area contributed by atoms with Gasteiger partial charge in [-0.25, -0.2) is 0 Å². The van der Waals surface area contributed by atoms with Gasteiger partial charge in [-0.05, 0) is 19.1 Å². The van der Waals surface area contributed by atoms with E-state index in [0.717, 1.165) is 5.69 Å². The van der Waals surface area contributed by atoms with Crippen LogP contribution in [-0.4, -0.2) is 16.1 Å². The highest BCUT2D eigenvalue weighted by Gasteiger charge is 2.12. The first-order chi connectivity index (χ1) is 8.56. The molecule has 1 heterocycles. The first kappa shape index (κ1) is 12.0. The van der Waals surface area contributed by atoms with Gasteiger partial charge in [0.1, 0.15) is 11.5 Å². The third-order valence-electron chi connectivity index (χ3n) is 2.41. The van der Waals surface area contributed by atoms with Crippen molar-refractivity contribution < 1.29 is 4.79 Å². The van der Waals surface area contributed by atoms with Gasteiger partial charge in [-0.15, -0.1) is 0 Å². The van der Waals surface area contributed by atoms with Crippen molar-refractivity contribution in [2.24, 2.45) is 0 Å². The smallest absolute Gasteiger partial charge is 0.221 e. The number of aromatic amines is 1. The zero-order valence-corrected chi connectivity index (χ0v) is 10.2. The lowest BCUT2D eigenvalue weighted by atomic mass is 10.2. The van der Waals surface area contributed by atoms with E-state index in [4.69, 9.17) is 5.73 Å². The number of aryl methyl sites for hydroxylation is 1. The summed E-state index contributed by atoms with van der Waals surface area (Å²) in [5, 5.41) is 12.4. The van der Waals surface area contributed by atoms with E-state index < -0.39 is 0 Å². The number of amides is 1. The maximum Gasteiger partial charge on any atom is 0.221 e. The summed E-state index contributed by atoms with van der Waals surface area (Å²) in [5.74, 6) is 0.612. The fraction of sp³-hybridized carbons (Fsp3) is 0.167. The molecule has 18 heavy (non-hydrogen) atoms. The molecule has 0 unspecified atom stereocenters. The summed E-state index contributed by atoms with van der Waals surface area (Å²) in [4.78, 5) is 11.1. The van der Waals surface area contributed by atoms with Gasteiger partial charge in [0.05, 0.1) is 0 Å². The van der Waals surface area contributed by atoms with Crippen LogP contribution in [0, 0.1) is 6.92 Å². The number of rotatable bonds is 3. The second kappa shape index (κ2) is 4.79. The summed E-state index contributed by atoms with van der Waals surface area (Å²) < 4.78 is 0. The maximum atomic E-state index is 11.1. The van der Waals surface area contributed by atoms with Gasteiger partial charge in [-0.2, -0.15) is 5.10 Å². The minimum Gasteiger partial charge on any atom is -0.382 e. The van der Waals surface area contributed by atoms with Gasteiger partial charge in [-0.1, -0.05) is 17.7 Å². The number of nitrogens with two attached hydrogens (primary N) is 1. The number of nitrogen functional groups attached to an aromatic ring is 1. The number of benzene rings is 1. The summed E-state index contributed by atoms with van der Waals surface area (Å²) in [7, 11) is 0. The van der Waals surface area contributed by atoms with Crippen LogP contribution < -0.4 is 16.4 Å². The molecule has 6 nitrogen and oxygen atoms in total. The van der Waals surface area contributed by atoms with E-state index in [0.29, 0.717) is 17.3 Å². The van der Waals surface area contributed by atoms with E-state index in [2.05, 4.69) is 20.8 Å². The van der Waals surface area contributed by atoms with Crippen LogP contribution in [0.25, 0.3) is 0 Å². The molecule has 0 radical (unpaired) electrons. The molecular weight excluding hydrogens is 230 g/mol. The standard InChI is InChI=1S/C12H15N5O/c1-7-3-5-9(6-4-7)15-12-10(14-8(2)18)11(13)16-17-12/h3-6H,1-2H3,(H,14,18)(H4,13,15,16,17). The van der Waals surface area contributed by atoms with Gasteiger partial charge >= 0.3 is 0 Å². The molecule has 1 aromatic carbocycles. The Morgan fingerprint density at radius 2 is 2.00 bits per heavy atom. The second-order valence-corrected chi connectivity index (χ2v) is 4.03. The lowest BCUT2D eigenvalue weighted by Gasteiger charge is -2.07. The molecule has 0 bridgehead atoms. The molecule has 1 aromatic heterocycles. The number of H-pyrrole nitrogens is 1. The van der Waals surface area contributed by atoms with E-state index in [1.54, 1.807) is 0 Å². The Hall–Kier alpha value is -2.50. The Bertz CT molecular complexity index is 558. The van der Waals surface area contributed by atoms with Crippen molar-refractivity contribution >= 4 is 28.9 Å². The zero-order valence-electron chi connectivity index (χ0n) is 10.2. The molecule has 2 aromatic rings. The third-order valence-corrected chi connectivity index (χ3v) is 2.41. The number of carbonyl (C=O) groups is 1. The van der Waals surface area contributed by atoms with Crippen LogP contribution in [0.4, 0.5) is 23.0 Å². The SMILES string of the molecule is CC(=O)Nc1c(Nc2ccc(C)cc2)n[nH]c1N. The minimum atomic E-state index is -0.199. The van der Waals surface area contributed by atoms with E-state index in [1.807, 2.05) is 31.2 Å². The molecular formula is C12H15N5O. The molecule has 0 aliphatic heterocycles. The van der Waals surface area contributed by atoms with E-state index in [-0.39, 0.29) is 5.91 Å². The molecule has 0 saturated heterocycles. The molecule has 0 spiro atoms. The summed E-state index contributed by atoms with van der Waals surface area (Å²) >= 11 is 0. The van der Waals surface area contributed by atoms with Crippen molar-refractivity contribution in [3.63, 3.8) is 0 Å². The highest BCUT2D eigenvalue weighted by atomic mass is 16.1. The van der Waals surface area contributed by atoms with Crippen LogP contribution in [0.15, 0.2) is 24.3 Å². The summed E-state index contributed by atoms with van der Waals surface area (Å²) in [5.41, 5.74) is 8.20. The fourth-order valence-electron chi connectivity index (χ4n) is 1.52. The predicted molar refractivity (Wildman–Crippen MR) is 71.8 cm³/mol. The number of aromatic nitrogens is 2. The lowest BCUT2D eigenvalue weighted by molar-refractivity contribution is -0.114. The van der Waals surface area contributed by atoms with Crippen molar-refractivity contribution in [2.75, 3.05) is 16.4 Å². The van der Waals surface area contributed by atoms with E-state index in [9.17, 15) is 4.79 Å². The minimum absolute atomic E-state index is 0.199. The predicted octanol–water partition coefficient (Wildman–Crippen LogP) is 2.00. The Kier molecular flexibility index (Phi) is 3.18. The van der Waals surface area contributed by atoms with Gasteiger partial charge < -0.3 is 16.4 Å². The van der Waals surface area contributed by atoms with Crippen molar-refractivity contribution in [1.82, 2.24) is 10.2 Å². The molecule has 6 heteroatoms. The molecule has 0 aliphatic rings. The fourth-order valence-corrected chi connectivity index (χ4v) is 1.52. The summed E-state index contributed by atoms with van der Waals surface area (Å²) in [6.07, 6.45) is 0. The highest BCUT2D eigenvalue weighted by molar-refractivity contribution is 5.96. The number of nitrogens with zero attached hydrogens (tertiary/aromatic N) is 1. The van der Waals surface area contributed by atoms with E-state index >= 15 is 0 Å². The van der Waals surface area contributed by atoms with Crippen molar-refractivity contribution in [3.8, 4) is 0 Å². The normalized spacial score (nSPS) is 10.1.